The summed E-state index contributed by atoms with van der Waals surface area (Å²) in [6, 6.07) is 3.16. The molecular formula is C24H41FO4S. The van der Waals surface area contributed by atoms with Gasteiger partial charge in [0.15, 0.2) is 11.6 Å². The van der Waals surface area contributed by atoms with Crippen molar-refractivity contribution in [2.45, 2.75) is 115 Å². The summed E-state index contributed by atoms with van der Waals surface area (Å²) in [6.07, 6.45) is 20.7. The Morgan fingerprint density at radius 3 is 1.60 bits per heavy atom. The number of rotatable bonds is 19. The van der Waals surface area contributed by atoms with Gasteiger partial charge in [0.1, 0.15) is 0 Å². The van der Waals surface area contributed by atoms with Crippen molar-refractivity contribution in [2.75, 3.05) is 6.61 Å². The van der Waals surface area contributed by atoms with Gasteiger partial charge in [0, 0.05) is 0 Å². The highest BCUT2D eigenvalue weighted by molar-refractivity contribution is 7.85. The Morgan fingerprint density at radius 2 is 1.20 bits per heavy atom. The fraction of sp³-hybridized carbons (Fsp3) is 0.750. The largest absolute Gasteiger partial charge is 0.491 e. The summed E-state index contributed by atoms with van der Waals surface area (Å²) in [5.41, 5.74) is 0. The highest BCUT2D eigenvalue weighted by Crippen LogP contribution is 2.21. The molecule has 0 aliphatic rings. The molecule has 1 N–H and O–H groups in total. The highest BCUT2D eigenvalue weighted by atomic mass is 32.2. The van der Waals surface area contributed by atoms with E-state index in [2.05, 4.69) is 6.92 Å². The maximum Gasteiger partial charge on any atom is 0.294 e. The summed E-state index contributed by atoms with van der Waals surface area (Å²) in [5, 5.41) is 0. The van der Waals surface area contributed by atoms with Crippen molar-refractivity contribution in [3.63, 3.8) is 0 Å². The van der Waals surface area contributed by atoms with Crippen molar-refractivity contribution in [1.29, 1.82) is 0 Å². The quantitative estimate of drug-likeness (QED) is 0.175. The molecule has 0 fully saturated rings. The van der Waals surface area contributed by atoms with Crippen LogP contribution in [0.3, 0.4) is 0 Å². The van der Waals surface area contributed by atoms with E-state index in [4.69, 9.17) is 9.29 Å². The lowest BCUT2D eigenvalue weighted by Crippen LogP contribution is -2.02. The fourth-order valence-corrected chi connectivity index (χ4v) is 4.08. The van der Waals surface area contributed by atoms with E-state index in [9.17, 15) is 12.8 Å². The van der Waals surface area contributed by atoms with Crippen LogP contribution >= 0.6 is 0 Å². The molecule has 6 heteroatoms. The average molecular weight is 445 g/mol. The first-order valence-corrected chi connectivity index (χ1v) is 13.3. The predicted octanol–water partition coefficient (Wildman–Crippen LogP) is 7.71. The van der Waals surface area contributed by atoms with Crippen LogP contribution in [-0.2, 0) is 10.1 Å². The molecule has 0 aliphatic carbocycles. The van der Waals surface area contributed by atoms with Gasteiger partial charge in [-0.25, -0.2) is 4.39 Å². The number of halogens is 1. The summed E-state index contributed by atoms with van der Waals surface area (Å²) in [7, 11) is -4.39. The molecule has 0 bridgehead atoms. The Bertz CT molecular complexity index is 661. The van der Waals surface area contributed by atoms with Crippen LogP contribution in [-0.4, -0.2) is 19.6 Å². The van der Waals surface area contributed by atoms with Gasteiger partial charge in [-0.15, -0.1) is 0 Å². The van der Waals surface area contributed by atoms with Gasteiger partial charge in [0.2, 0.25) is 0 Å². The Hall–Kier alpha value is -1.14. The topological polar surface area (TPSA) is 63.6 Å². The molecule has 0 atom stereocenters. The van der Waals surface area contributed by atoms with E-state index in [1.807, 2.05) is 0 Å². The van der Waals surface area contributed by atoms with Crippen molar-refractivity contribution in [3.8, 4) is 5.75 Å². The summed E-state index contributed by atoms with van der Waals surface area (Å²) < 4.78 is 50.0. The Kier molecular flexibility index (Phi) is 14.8. The van der Waals surface area contributed by atoms with E-state index in [1.165, 1.54) is 89.5 Å². The molecule has 0 radical (unpaired) electrons. The SMILES string of the molecule is CCCCCCCCCCCCCCCCCCOc1ccc(S(=O)(=O)O)cc1F. The van der Waals surface area contributed by atoms with Gasteiger partial charge in [0.25, 0.3) is 10.1 Å². The third kappa shape index (κ3) is 13.2. The summed E-state index contributed by atoms with van der Waals surface area (Å²) >= 11 is 0. The van der Waals surface area contributed by atoms with Crippen LogP contribution in [0.25, 0.3) is 0 Å². The molecule has 30 heavy (non-hydrogen) atoms. The Morgan fingerprint density at radius 1 is 0.767 bits per heavy atom. The van der Waals surface area contributed by atoms with Gasteiger partial charge in [-0.2, -0.15) is 8.42 Å². The van der Waals surface area contributed by atoms with E-state index in [-0.39, 0.29) is 5.75 Å². The minimum atomic E-state index is -4.39. The highest BCUT2D eigenvalue weighted by Gasteiger charge is 2.13. The van der Waals surface area contributed by atoms with Crippen LogP contribution in [0.1, 0.15) is 110 Å². The van der Waals surface area contributed by atoms with Crippen LogP contribution in [0.5, 0.6) is 5.75 Å². The second kappa shape index (κ2) is 16.5. The molecule has 0 spiro atoms. The predicted molar refractivity (Wildman–Crippen MR) is 121 cm³/mol. The van der Waals surface area contributed by atoms with E-state index < -0.39 is 20.8 Å². The van der Waals surface area contributed by atoms with E-state index >= 15 is 0 Å². The van der Waals surface area contributed by atoms with Crippen molar-refractivity contribution >= 4 is 10.1 Å². The minimum absolute atomic E-state index is 0.0170. The molecule has 0 amide bonds. The molecule has 0 heterocycles. The van der Waals surface area contributed by atoms with Gasteiger partial charge >= 0.3 is 0 Å². The van der Waals surface area contributed by atoms with Gasteiger partial charge in [-0.1, -0.05) is 103 Å². The summed E-state index contributed by atoms with van der Waals surface area (Å²) in [5.74, 6) is -0.759. The molecule has 0 unspecified atom stereocenters. The van der Waals surface area contributed by atoms with Crippen LogP contribution in [0.15, 0.2) is 23.1 Å². The van der Waals surface area contributed by atoms with Gasteiger partial charge in [-0.05, 0) is 24.6 Å². The average Bonchev–Trinajstić information content (AvgIpc) is 2.70. The zero-order valence-electron chi connectivity index (χ0n) is 18.7. The number of benzene rings is 1. The van der Waals surface area contributed by atoms with Gasteiger partial charge in [0.05, 0.1) is 11.5 Å². The first-order chi connectivity index (χ1) is 14.4. The van der Waals surface area contributed by atoms with Crippen molar-refractivity contribution in [2.24, 2.45) is 0 Å². The third-order valence-corrected chi connectivity index (χ3v) is 6.31. The van der Waals surface area contributed by atoms with Crippen LogP contribution in [0.2, 0.25) is 0 Å². The van der Waals surface area contributed by atoms with Crippen molar-refractivity contribution < 1.29 is 22.1 Å². The second-order valence-corrected chi connectivity index (χ2v) is 9.64. The molecular weight excluding hydrogens is 403 g/mol. The zero-order chi connectivity index (χ0) is 22.1. The summed E-state index contributed by atoms with van der Waals surface area (Å²) in [6.45, 7) is 2.66. The minimum Gasteiger partial charge on any atom is -0.491 e. The van der Waals surface area contributed by atoms with E-state index in [0.29, 0.717) is 6.61 Å². The molecule has 1 rings (SSSR count). The number of ether oxygens (including phenoxy) is 1. The smallest absolute Gasteiger partial charge is 0.294 e. The monoisotopic (exact) mass is 444 g/mol. The molecule has 4 nitrogen and oxygen atoms in total. The normalized spacial score (nSPS) is 11.7. The molecule has 0 aromatic heterocycles. The lowest BCUT2D eigenvalue weighted by molar-refractivity contribution is 0.289. The maximum atomic E-state index is 13.8. The standard InChI is InChI=1S/C24H41FO4S/c1-2-3-4-5-6-7-8-9-10-11-12-13-14-15-16-17-20-29-24-19-18-22(21-23(24)25)30(26,27)28/h18-19,21H,2-17,20H2,1H3,(H,26,27,28). The number of unbranched alkanes of at least 4 members (excludes halogenated alkanes) is 15. The maximum absolute atomic E-state index is 13.8. The first kappa shape index (κ1) is 26.9. The van der Waals surface area contributed by atoms with Gasteiger partial charge < -0.3 is 4.74 Å². The first-order valence-electron chi connectivity index (χ1n) is 11.8. The van der Waals surface area contributed by atoms with Crippen LogP contribution in [0, 0.1) is 5.82 Å². The number of hydrogen-bond donors (Lipinski definition) is 1. The summed E-state index contributed by atoms with van der Waals surface area (Å²) in [4.78, 5) is -0.463. The van der Waals surface area contributed by atoms with Gasteiger partial charge in [-0.3, -0.25) is 4.55 Å². The lowest BCUT2D eigenvalue weighted by Gasteiger charge is -2.08. The van der Waals surface area contributed by atoms with E-state index in [1.54, 1.807) is 0 Å². The molecule has 1 aromatic rings. The molecule has 0 saturated carbocycles. The molecule has 174 valence electrons. The van der Waals surface area contributed by atoms with Crippen molar-refractivity contribution in [3.05, 3.63) is 24.0 Å². The fourth-order valence-electron chi connectivity index (χ4n) is 3.59. The third-order valence-electron chi connectivity index (χ3n) is 5.46. The van der Waals surface area contributed by atoms with Crippen LogP contribution < -0.4 is 4.74 Å². The lowest BCUT2D eigenvalue weighted by atomic mass is 10.0. The molecule has 1 aromatic carbocycles. The van der Waals surface area contributed by atoms with Crippen LogP contribution in [0.4, 0.5) is 4.39 Å². The molecule has 0 saturated heterocycles. The Balaban J connectivity index is 1.90. The zero-order valence-corrected chi connectivity index (χ0v) is 19.5. The van der Waals surface area contributed by atoms with E-state index in [0.717, 1.165) is 31.4 Å². The van der Waals surface area contributed by atoms with Crippen molar-refractivity contribution in [1.82, 2.24) is 0 Å². The molecule has 0 aliphatic heterocycles. The Labute approximate surface area is 183 Å². The second-order valence-electron chi connectivity index (χ2n) is 8.22. The number of hydrogen-bond acceptors (Lipinski definition) is 3.